The molecule has 0 heteroatoms. The fourth-order valence-corrected chi connectivity index (χ4v) is 6.37. The van der Waals surface area contributed by atoms with Crippen LogP contribution in [0.2, 0.25) is 0 Å². The smallest absolute Gasteiger partial charge is 0.0725 e. The van der Waals surface area contributed by atoms with Crippen molar-refractivity contribution in [2.45, 2.75) is 19.3 Å². The minimum absolute atomic E-state index is 0.374. The van der Waals surface area contributed by atoms with Crippen LogP contribution in [0.5, 0.6) is 0 Å². The van der Waals surface area contributed by atoms with Crippen LogP contribution < -0.4 is 0 Å². The molecule has 0 N–H and O–H groups in total. The van der Waals surface area contributed by atoms with E-state index < -0.39 is 0 Å². The van der Waals surface area contributed by atoms with Crippen LogP contribution in [-0.4, -0.2) is 0 Å². The number of hydrogen-bond donors (Lipinski definition) is 0. The molecule has 2 aliphatic carbocycles. The van der Waals surface area contributed by atoms with E-state index in [1.807, 2.05) is 19.1 Å². The maximum atomic E-state index is 4.26. The highest BCUT2D eigenvalue weighted by molar-refractivity contribution is 5.98. The van der Waals surface area contributed by atoms with E-state index in [4.69, 9.17) is 0 Å². The molecule has 0 unspecified atom stereocenters. The number of rotatable bonds is 5. The standard InChI is InChI=1S/C37H30/c1-5-13-25(4)26-15-12-16-27(23-26)28-21-22-32-29(7-3)33(14-6-2)37(36(32)24-28)34-19-10-8-17-30(34)31-18-9-11-20-35(31)37/h5-24H,3-4H2,1-2H3/b13-5-,14-6-. The molecule has 4 aromatic carbocycles. The second-order valence-corrected chi connectivity index (χ2v) is 9.74. The second-order valence-electron chi connectivity index (χ2n) is 9.74. The van der Waals surface area contributed by atoms with E-state index in [0.29, 0.717) is 0 Å². The molecule has 0 amide bonds. The summed E-state index contributed by atoms with van der Waals surface area (Å²) in [7, 11) is 0. The SMILES string of the molecule is C=CC1=C(/C=C\C)C2(c3cc(-c4cccc(C(=C)/C=C\C)c4)ccc31)c1ccccc1-c1ccccc12. The minimum atomic E-state index is -0.374. The van der Waals surface area contributed by atoms with Gasteiger partial charge in [0.2, 0.25) is 0 Å². The van der Waals surface area contributed by atoms with Gasteiger partial charge in [0.15, 0.2) is 0 Å². The van der Waals surface area contributed by atoms with Crippen molar-refractivity contribution < 1.29 is 0 Å². The van der Waals surface area contributed by atoms with Gasteiger partial charge in [0, 0.05) is 0 Å². The second kappa shape index (κ2) is 8.91. The van der Waals surface area contributed by atoms with E-state index in [2.05, 4.69) is 129 Å². The van der Waals surface area contributed by atoms with Gasteiger partial charge in [0.05, 0.1) is 5.41 Å². The van der Waals surface area contributed by atoms with Crippen LogP contribution in [0.15, 0.2) is 140 Å². The van der Waals surface area contributed by atoms with Gasteiger partial charge in [-0.15, -0.1) is 0 Å². The van der Waals surface area contributed by atoms with Crippen LogP contribution in [0.1, 0.15) is 41.7 Å². The number of benzene rings is 4. The summed E-state index contributed by atoms with van der Waals surface area (Å²) < 4.78 is 0. The number of fused-ring (bicyclic) bond motifs is 7. The van der Waals surface area contributed by atoms with Crippen molar-refractivity contribution in [1.82, 2.24) is 0 Å². The van der Waals surface area contributed by atoms with Gasteiger partial charge in [-0.3, -0.25) is 0 Å². The normalized spacial score (nSPS) is 14.9. The Morgan fingerprint density at radius 3 is 2.00 bits per heavy atom. The molecular weight excluding hydrogens is 444 g/mol. The highest BCUT2D eigenvalue weighted by Gasteiger charge is 2.51. The molecule has 1 spiro atoms. The van der Waals surface area contributed by atoms with Crippen molar-refractivity contribution in [3.63, 3.8) is 0 Å². The van der Waals surface area contributed by atoms with Crippen molar-refractivity contribution >= 4 is 11.1 Å². The Kier molecular flexibility index (Phi) is 5.54. The van der Waals surface area contributed by atoms with E-state index in [1.165, 1.54) is 55.7 Å². The quantitative estimate of drug-likeness (QED) is 0.253. The Morgan fingerprint density at radius 1 is 0.676 bits per heavy atom. The Labute approximate surface area is 220 Å². The van der Waals surface area contributed by atoms with Gasteiger partial charge in [-0.1, -0.05) is 122 Å². The average molecular weight is 475 g/mol. The summed E-state index contributed by atoms with van der Waals surface area (Å²) in [5.41, 5.74) is 14.6. The molecule has 0 saturated carbocycles. The zero-order valence-electron chi connectivity index (χ0n) is 21.5. The van der Waals surface area contributed by atoms with Gasteiger partial charge in [0.1, 0.15) is 0 Å². The molecule has 0 radical (unpaired) electrons. The fraction of sp³-hybridized carbons (Fsp3) is 0.0811. The summed E-state index contributed by atoms with van der Waals surface area (Å²) in [4.78, 5) is 0. The molecule has 0 nitrogen and oxygen atoms in total. The highest BCUT2D eigenvalue weighted by Crippen LogP contribution is 2.62. The number of allylic oxidation sites excluding steroid dienone is 8. The van der Waals surface area contributed by atoms with Crippen molar-refractivity contribution in [1.29, 1.82) is 0 Å². The molecule has 37 heavy (non-hydrogen) atoms. The molecule has 0 atom stereocenters. The fourth-order valence-electron chi connectivity index (χ4n) is 6.37. The van der Waals surface area contributed by atoms with Gasteiger partial charge in [-0.25, -0.2) is 0 Å². The Morgan fingerprint density at radius 2 is 1.35 bits per heavy atom. The lowest BCUT2D eigenvalue weighted by atomic mass is 9.69. The molecule has 178 valence electrons. The molecular formula is C37H30. The predicted molar refractivity (Wildman–Crippen MR) is 159 cm³/mol. The first-order valence-corrected chi connectivity index (χ1v) is 12.9. The van der Waals surface area contributed by atoms with Gasteiger partial charge in [-0.2, -0.15) is 0 Å². The third-order valence-corrected chi connectivity index (χ3v) is 7.83. The van der Waals surface area contributed by atoms with E-state index in [-0.39, 0.29) is 5.41 Å². The zero-order valence-corrected chi connectivity index (χ0v) is 21.5. The summed E-state index contributed by atoms with van der Waals surface area (Å²) in [6, 6.07) is 33.4. The molecule has 0 bridgehead atoms. The van der Waals surface area contributed by atoms with Gasteiger partial charge in [-0.05, 0) is 92.8 Å². The van der Waals surface area contributed by atoms with Crippen LogP contribution in [0.4, 0.5) is 0 Å². The largest absolute Gasteiger partial charge is 0.0984 e. The Balaban J connectivity index is 1.67. The van der Waals surface area contributed by atoms with E-state index >= 15 is 0 Å². The third kappa shape index (κ3) is 3.22. The topological polar surface area (TPSA) is 0 Å². The molecule has 6 rings (SSSR count). The molecule has 0 fully saturated rings. The predicted octanol–water partition coefficient (Wildman–Crippen LogP) is 9.79. The summed E-state index contributed by atoms with van der Waals surface area (Å²) in [5.74, 6) is 0. The maximum Gasteiger partial charge on any atom is 0.0725 e. The van der Waals surface area contributed by atoms with E-state index in [0.717, 1.165) is 11.1 Å². The summed E-state index contributed by atoms with van der Waals surface area (Å²) in [6.07, 6.45) is 10.6. The van der Waals surface area contributed by atoms with Gasteiger partial charge in [0.25, 0.3) is 0 Å². The average Bonchev–Trinajstić information content (AvgIpc) is 3.39. The molecule has 0 heterocycles. The first-order chi connectivity index (χ1) is 18.1. The Bertz CT molecular complexity index is 1620. The zero-order chi connectivity index (χ0) is 25.6. The first kappa shape index (κ1) is 23.0. The molecule has 2 aliphatic rings. The van der Waals surface area contributed by atoms with Crippen LogP contribution in [0.3, 0.4) is 0 Å². The monoisotopic (exact) mass is 474 g/mol. The highest BCUT2D eigenvalue weighted by atomic mass is 14.5. The summed E-state index contributed by atoms with van der Waals surface area (Å²) in [6.45, 7) is 12.6. The molecule has 0 saturated heterocycles. The van der Waals surface area contributed by atoms with Crippen LogP contribution in [0, 0.1) is 0 Å². The lowest BCUT2D eigenvalue weighted by Gasteiger charge is -2.32. The summed E-state index contributed by atoms with van der Waals surface area (Å²) >= 11 is 0. The lowest BCUT2D eigenvalue weighted by Crippen LogP contribution is -2.26. The lowest BCUT2D eigenvalue weighted by molar-refractivity contribution is 0.786. The maximum absolute atomic E-state index is 4.26. The van der Waals surface area contributed by atoms with Crippen molar-refractivity contribution in [3.8, 4) is 22.3 Å². The van der Waals surface area contributed by atoms with E-state index in [1.54, 1.807) is 0 Å². The Hall–Kier alpha value is -4.42. The summed E-state index contributed by atoms with van der Waals surface area (Å²) in [5, 5.41) is 0. The van der Waals surface area contributed by atoms with Crippen molar-refractivity contribution in [3.05, 3.63) is 168 Å². The van der Waals surface area contributed by atoms with Crippen LogP contribution in [-0.2, 0) is 5.41 Å². The van der Waals surface area contributed by atoms with Crippen LogP contribution >= 0.6 is 0 Å². The molecule has 4 aromatic rings. The molecule has 0 aromatic heterocycles. The molecule has 0 aliphatic heterocycles. The minimum Gasteiger partial charge on any atom is -0.0984 e. The van der Waals surface area contributed by atoms with Gasteiger partial charge < -0.3 is 0 Å². The van der Waals surface area contributed by atoms with Crippen molar-refractivity contribution in [2.75, 3.05) is 0 Å². The van der Waals surface area contributed by atoms with Crippen LogP contribution in [0.25, 0.3) is 33.4 Å². The van der Waals surface area contributed by atoms with Crippen molar-refractivity contribution in [2.24, 2.45) is 0 Å². The first-order valence-electron chi connectivity index (χ1n) is 12.9. The third-order valence-electron chi connectivity index (χ3n) is 7.83. The number of hydrogen-bond acceptors (Lipinski definition) is 0. The van der Waals surface area contributed by atoms with Gasteiger partial charge >= 0.3 is 0 Å². The van der Waals surface area contributed by atoms with E-state index in [9.17, 15) is 0 Å².